The predicted octanol–water partition coefficient (Wildman–Crippen LogP) is -0.400. The Hall–Kier alpha value is -1.43. The fourth-order valence-corrected chi connectivity index (χ4v) is 1.39. The molecular formula is C8H12N4O2. The van der Waals surface area contributed by atoms with Gasteiger partial charge in [-0.1, -0.05) is 0 Å². The van der Waals surface area contributed by atoms with E-state index in [1.807, 2.05) is 0 Å². The van der Waals surface area contributed by atoms with Crippen LogP contribution in [0.1, 0.15) is 18.7 Å². The SMILES string of the molecule is O=C(NCc1ncn[nH]1)[C@@H]1CCCO1. The number of nitrogens with zero attached hydrogens (tertiary/aromatic N) is 2. The van der Waals surface area contributed by atoms with Crippen LogP contribution < -0.4 is 5.32 Å². The van der Waals surface area contributed by atoms with Gasteiger partial charge < -0.3 is 10.1 Å². The van der Waals surface area contributed by atoms with Crippen LogP contribution in [0.25, 0.3) is 0 Å². The lowest BCUT2D eigenvalue weighted by atomic mass is 10.2. The molecule has 6 heteroatoms. The van der Waals surface area contributed by atoms with Crippen LogP contribution in [0.2, 0.25) is 0 Å². The molecule has 1 atom stereocenters. The summed E-state index contributed by atoms with van der Waals surface area (Å²) in [5, 5.41) is 9.07. The number of rotatable bonds is 3. The summed E-state index contributed by atoms with van der Waals surface area (Å²) in [5.41, 5.74) is 0. The highest BCUT2D eigenvalue weighted by Gasteiger charge is 2.23. The van der Waals surface area contributed by atoms with Crippen LogP contribution in [-0.2, 0) is 16.1 Å². The largest absolute Gasteiger partial charge is 0.368 e. The van der Waals surface area contributed by atoms with Crippen molar-refractivity contribution < 1.29 is 9.53 Å². The van der Waals surface area contributed by atoms with E-state index in [1.54, 1.807) is 0 Å². The molecule has 0 bridgehead atoms. The van der Waals surface area contributed by atoms with Gasteiger partial charge in [-0.2, -0.15) is 5.10 Å². The van der Waals surface area contributed by atoms with Crippen molar-refractivity contribution in [3.63, 3.8) is 0 Å². The minimum Gasteiger partial charge on any atom is -0.368 e. The second-order valence-corrected chi connectivity index (χ2v) is 3.15. The van der Waals surface area contributed by atoms with E-state index >= 15 is 0 Å². The van der Waals surface area contributed by atoms with Gasteiger partial charge in [-0.3, -0.25) is 9.89 Å². The Labute approximate surface area is 81.1 Å². The monoisotopic (exact) mass is 196 g/mol. The van der Waals surface area contributed by atoms with E-state index in [0.29, 0.717) is 19.0 Å². The average Bonchev–Trinajstić information content (AvgIpc) is 2.87. The molecule has 1 aliphatic rings. The molecular weight excluding hydrogens is 184 g/mol. The van der Waals surface area contributed by atoms with Gasteiger partial charge in [0.2, 0.25) is 5.91 Å². The van der Waals surface area contributed by atoms with Crippen molar-refractivity contribution in [2.24, 2.45) is 0 Å². The van der Waals surface area contributed by atoms with Gasteiger partial charge in [-0.05, 0) is 12.8 Å². The van der Waals surface area contributed by atoms with E-state index in [-0.39, 0.29) is 12.0 Å². The number of hydrogen-bond acceptors (Lipinski definition) is 4. The van der Waals surface area contributed by atoms with E-state index in [0.717, 1.165) is 12.8 Å². The Bertz CT molecular complexity index is 292. The predicted molar refractivity (Wildman–Crippen MR) is 47.2 cm³/mol. The Morgan fingerprint density at radius 2 is 2.71 bits per heavy atom. The van der Waals surface area contributed by atoms with Crippen molar-refractivity contribution in [2.75, 3.05) is 6.61 Å². The van der Waals surface area contributed by atoms with Crippen molar-refractivity contribution >= 4 is 5.91 Å². The van der Waals surface area contributed by atoms with Crippen molar-refractivity contribution in [3.8, 4) is 0 Å². The molecule has 0 aliphatic carbocycles. The summed E-state index contributed by atoms with van der Waals surface area (Å²) in [7, 11) is 0. The lowest BCUT2D eigenvalue weighted by Gasteiger charge is -2.08. The summed E-state index contributed by atoms with van der Waals surface area (Å²) in [4.78, 5) is 15.3. The van der Waals surface area contributed by atoms with Gasteiger partial charge >= 0.3 is 0 Å². The van der Waals surface area contributed by atoms with Gasteiger partial charge in [-0.25, -0.2) is 4.98 Å². The summed E-state index contributed by atoms with van der Waals surface area (Å²) in [6, 6.07) is 0. The van der Waals surface area contributed by atoms with E-state index in [9.17, 15) is 4.79 Å². The third-order valence-electron chi connectivity index (χ3n) is 2.12. The van der Waals surface area contributed by atoms with Gasteiger partial charge in [-0.15, -0.1) is 0 Å². The Morgan fingerprint density at radius 1 is 1.79 bits per heavy atom. The van der Waals surface area contributed by atoms with Crippen LogP contribution in [0, 0.1) is 0 Å². The molecule has 1 fully saturated rings. The molecule has 0 aromatic carbocycles. The number of carbonyl (C=O) groups is 1. The first-order valence-electron chi connectivity index (χ1n) is 4.60. The highest BCUT2D eigenvalue weighted by Crippen LogP contribution is 2.11. The quantitative estimate of drug-likeness (QED) is 0.689. The zero-order valence-electron chi connectivity index (χ0n) is 7.69. The number of aromatic amines is 1. The zero-order chi connectivity index (χ0) is 9.80. The third-order valence-corrected chi connectivity index (χ3v) is 2.12. The topological polar surface area (TPSA) is 79.9 Å². The minimum atomic E-state index is -0.280. The Balaban J connectivity index is 1.77. The van der Waals surface area contributed by atoms with E-state index in [1.165, 1.54) is 6.33 Å². The smallest absolute Gasteiger partial charge is 0.249 e. The molecule has 0 unspecified atom stereocenters. The fourth-order valence-electron chi connectivity index (χ4n) is 1.39. The second-order valence-electron chi connectivity index (χ2n) is 3.15. The molecule has 1 aliphatic heterocycles. The third kappa shape index (κ3) is 2.08. The summed E-state index contributed by atoms with van der Waals surface area (Å²) in [6.07, 6.45) is 2.90. The standard InChI is InChI=1S/C8H12N4O2/c13-8(6-2-1-3-14-6)9-4-7-10-5-11-12-7/h5-6H,1-4H2,(H,9,13)(H,10,11,12)/t6-/m0/s1. The minimum absolute atomic E-state index is 0.0705. The summed E-state index contributed by atoms with van der Waals surface area (Å²) in [5.74, 6) is 0.579. The van der Waals surface area contributed by atoms with E-state index in [2.05, 4.69) is 20.5 Å². The molecule has 0 radical (unpaired) electrons. The van der Waals surface area contributed by atoms with Crippen LogP contribution in [0.15, 0.2) is 6.33 Å². The van der Waals surface area contributed by atoms with Gasteiger partial charge in [0.05, 0.1) is 6.54 Å². The fraction of sp³-hybridized carbons (Fsp3) is 0.625. The number of amides is 1. The zero-order valence-corrected chi connectivity index (χ0v) is 7.69. The molecule has 6 nitrogen and oxygen atoms in total. The first-order valence-corrected chi connectivity index (χ1v) is 4.60. The molecule has 0 spiro atoms. The van der Waals surface area contributed by atoms with Crippen LogP contribution in [0.4, 0.5) is 0 Å². The van der Waals surface area contributed by atoms with Crippen LogP contribution in [0.5, 0.6) is 0 Å². The molecule has 1 saturated heterocycles. The molecule has 1 aromatic heterocycles. The molecule has 2 N–H and O–H groups in total. The summed E-state index contributed by atoms with van der Waals surface area (Å²) < 4.78 is 5.23. The maximum atomic E-state index is 11.4. The highest BCUT2D eigenvalue weighted by molar-refractivity contribution is 5.80. The number of carbonyl (C=O) groups excluding carboxylic acids is 1. The van der Waals surface area contributed by atoms with Gasteiger partial charge in [0.1, 0.15) is 18.3 Å². The van der Waals surface area contributed by atoms with Crippen LogP contribution in [-0.4, -0.2) is 33.8 Å². The number of hydrogen-bond donors (Lipinski definition) is 2. The maximum absolute atomic E-state index is 11.4. The summed E-state index contributed by atoms with van der Waals surface area (Å²) in [6.45, 7) is 1.05. The lowest BCUT2D eigenvalue weighted by molar-refractivity contribution is -0.130. The highest BCUT2D eigenvalue weighted by atomic mass is 16.5. The first kappa shape index (κ1) is 9.14. The number of aromatic nitrogens is 3. The molecule has 0 saturated carbocycles. The number of ether oxygens (including phenoxy) is 1. The second kappa shape index (κ2) is 4.19. The van der Waals surface area contributed by atoms with Crippen molar-refractivity contribution in [3.05, 3.63) is 12.2 Å². The van der Waals surface area contributed by atoms with Crippen LogP contribution in [0.3, 0.4) is 0 Å². The average molecular weight is 196 g/mol. The van der Waals surface area contributed by atoms with Gasteiger partial charge in [0.15, 0.2) is 0 Å². The molecule has 2 heterocycles. The number of H-pyrrole nitrogens is 1. The van der Waals surface area contributed by atoms with Crippen molar-refractivity contribution in [2.45, 2.75) is 25.5 Å². The van der Waals surface area contributed by atoms with Crippen molar-refractivity contribution in [1.82, 2.24) is 20.5 Å². The molecule has 76 valence electrons. The molecule has 2 rings (SSSR count). The summed E-state index contributed by atoms with van der Waals surface area (Å²) >= 11 is 0. The normalized spacial score (nSPS) is 21.0. The molecule has 1 amide bonds. The van der Waals surface area contributed by atoms with E-state index in [4.69, 9.17) is 4.74 Å². The van der Waals surface area contributed by atoms with Gasteiger partial charge in [0.25, 0.3) is 0 Å². The van der Waals surface area contributed by atoms with Gasteiger partial charge in [0, 0.05) is 6.61 Å². The lowest BCUT2D eigenvalue weighted by Crippen LogP contribution is -2.33. The maximum Gasteiger partial charge on any atom is 0.249 e. The molecule has 14 heavy (non-hydrogen) atoms. The van der Waals surface area contributed by atoms with Crippen LogP contribution >= 0.6 is 0 Å². The van der Waals surface area contributed by atoms with Crippen molar-refractivity contribution in [1.29, 1.82) is 0 Å². The Kier molecular flexibility index (Phi) is 2.73. The first-order chi connectivity index (χ1) is 6.86. The molecule has 1 aromatic rings. The van der Waals surface area contributed by atoms with E-state index < -0.39 is 0 Å². The number of nitrogens with one attached hydrogen (secondary N) is 2. The Morgan fingerprint density at radius 3 is 3.36 bits per heavy atom.